The number of aliphatic hydroxyl groups is 1. The molecule has 1 aliphatic rings. The number of nitrogens with one attached hydrogen (secondary N) is 1. The zero-order chi connectivity index (χ0) is 37.7. The fraction of sp³-hybridized carbons (Fsp3) is 0.474. The highest BCUT2D eigenvalue weighted by Gasteiger charge is 2.39. The van der Waals surface area contributed by atoms with Gasteiger partial charge in [-0.15, -0.1) is 0 Å². The van der Waals surface area contributed by atoms with Crippen LogP contribution in [-0.2, 0) is 37.3 Å². The number of aliphatic hydroxyl groups excluding tert-OH is 1. The highest BCUT2D eigenvalue weighted by atomic mass is 32.2. The molecule has 0 spiro atoms. The maximum Gasteiger partial charge on any atom is 0.415 e. The number of methoxy groups -OCH3 is 2. The van der Waals surface area contributed by atoms with E-state index in [9.17, 15) is 23.1 Å². The summed E-state index contributed by atoms with van der Waals surface area (Å²) in [6.45, 7) is 3.86. The number of hydrogen-bond acceptors (Lipinski definition) is 10. The van der Waals surface area contributed by atoms with Crippen molar-refractivity contribution in [1.82, 2.24) is 14.6 Å². The minimum absolute atomic E-state index is 0.0326. The third kappa shape index (κ3) is 10.6. The Morgan fingerprint density at radius 1 is 1.04 bits per heavy atom. The van der Waals surface area contributed by atoms with Gasteiger partial charge in [-0.2, -0.15) is 4.31 Å². The number of carbonyl (C=O) groups is 2. The molecule has 282 valence electrons. The molecule has 1 heterocycles. The largest absolute Gasteiger partial charge is 0.452 e. The first-order chi connectivity index (χ1) is 25.0. The molecule has 1 aliphatic carbocycles. The lowest BCUT2D eigenvalue weighted by Gasteiger charge is -2.35. The molecule has 2 amide bonds. The summed E-state index contributed by atoms with van der Waals surface area (Å²) in [5.41, 5.74) is 1.89. The number of pyridine rings is 1. The van der Waals surface area contributed by atoms with Crippen LogP contribution in [0.3, 0.4) is 0 Å². The maximum absolute atomic E-state index is 14.5. The lowest BCUT2D eigenvalue weighted by atomic mass is 9.95. The van der Waals surface area contributed by atoms with Crippen molar-refractivity contribution in [3.05, 3.63) is 89.6 Å². The van der Waals surface area contributed by atoms with Crippen molar-refractivity contribution in [2.45, 2.75) is 82.1 Å². The number of amides is 2. The molecule has 14 heteroatoms. The minimum atomic E-state index is -4.09. The Bertz CT molecular complexity index is 1720. The summed E-state index contributed by atoms with van der Waals surface area (Å²) < 4.78 is 40.0. The van der Waals surface area contributed by atoms with Gasteiger partial charge in [0.2, 0.25) is 15.9 Å². The minimum Gasteiger partial charge on any atom is -0.452 e. The van der Waals surface area contributed by atoms with Gasteiger partial charge in [-0.3, -0.25) is 4.79 Å². The lowest BCUT2D eigenvalue weighted by Crippen LogP contribution is -2.58. The Hall–Kier alpha value is -4.37. The summed E-state index contributed by atoms with van der Waals surface area (Å²) >= 11 is 0. The van der Waals surface area contributed by atoms with Gasteiger partial charge in [-0.1, -0.05) is 86.8 Å². The van der Waals surface area contributed by atoms with E-state index in [0.717, 1.165) is 31.2 Å². The number of ether oxygens (including phenoxy) is 2. The van der Waals surface area contributed by atoms with E-state index in [1.807, 2.05) is 44.2 Å². The van der Waals surface area contributed by atoms with Crippen LogP contribution in [0, 0.1) is 11.8 Å². The lowest BCUT2D eigenvalue weighted by molar-refractivity contribution is -0.125. The molecule has 52 heavy (non-hydrogen) atoms. The molecule has 0 bridgehead atoms. The summed E-state index contributed by atoms with van der Waals surface area (Å²) in [4.78, 5) is 33.7. The first-order valence-electron chi connectivity index (χ1n) is 17.6. The zero-order valence-electron chi connectivity index (χ0n) is 30.3. The van der Waals surface area contributed by atoms with Crippen molar-refractivity contribution in [3.8, 4) is 0 Å². The van der Waals surface area contributed by atoms with Crippen LogP contribution in [0.4, 0.5) is 10.6 Å². The number of rotatable bonds is 18. The van der Waals surface area contributed by atoms with Gasteiger partial charge in [-0.25, -0.2) is 23.1 Å². The van der Waals surface area contributed by atoms with Crippen molar-refractivity contribution >= 4 is 34.1 Å². The first kappa shape index (κ1) is 40.4. The smallest absolute Gasteiger partial charge is 0.415 e. The molecule has 3 N–H and O–H groups in total. The Kier molecular flexibility index (Phi) is 15.1. The monoisotopic (exact) mass is 737 g/mol. The van der Waals surface area contributed by atoms with Crippen LogP contribution >= 0.6 is 0 Å². The van der Waals surface area contributed by atoms with Crippen LogP contribution in [0.15, 0.2) is 82.8 Å². The van der Waals surface area contributed by atoms with E-state index in [-0.39, 0.29) is 48.7 Å². The number of sulfonamides is 1. The molecular formula is C38H51N5O8S. The van der Waals surface area contributed by atoms with Gasteiger partial charge in [0.15, 0.2) is 0 Å². The predicted octanol–water partition coefficient (Wildman–Crippen LogP) is 4.99. The number of benzene rings is 2. The van der Waals surface area contributed by atoms with Crippen molar-refractivity contribution in [2.75, 3.05) is 32.2 Å². The van der Waals surface area contributed by atoms with E-state index in [2.05, 4.69) is 15.5 Å². The van der Waals surface area contributed by atoms with Crippen LogP contribution < -0.4 is 10.2 Å². The van der Waals surface area contributed by atoms with Gasteiger partial charge < -0.3 is 25.1 Å². The molecule has 2 aromatic carbocycles. The molecule has 0 unspecified atom stereocenters. The quantitative estimate of drug-likeness (QED) is 0.0924. The van der Waals surface area contributed by atoms with Gasteiger partial charge in [-0.05, 0) is 66.5 Å². The Labute approximate surface area is 306 Å². The standard InChI is InChI=1S/C38H51N5O8S/c1-5-27(2)36(43(38(46)51-4)35-17-11-16-31(40-35)26-50-3)37(45)41-33(22-28-12-7-6-8-13-28)34(44)25-42(24-30-14-9-10-15-30)52(48,49)32-20-18-29(19-21-32)23-39-47/h6-8,11-13,16-21,23,27,30,33-34,36,44,47H,5,9-10,14-15,22,24-26H2,1-4H3,(H,41,45)/b39-23+/t27-,33-,34+,36-/m0/s1. The Morgan fingerprint density at radius 3 is 2.35 bits per heavy atom. The molecule has 1 saturated carbocycles. The van der Waals surface area contributed by atoms with Crippen LogP contribution in [-0.4, -0.2) is 91.7 Å². The van der Waals surface area contributed by atoms with Crippen molar-refractivity contribution < 1.29 is 37.8 Å². The maximum atomic E-state index is 14.5. The van der Waals surface area contributed by atoms with E-state index >= 15 is 0 Å². The number of oxime groups is 1. The molecule has 4 atom stereocenters. The molecular weight excluding hydrogens is 687 g/mol. The van der Waals surface area contributed by atoms with Crippen LogP contribution in [0.5, 0.6) is 0 Å². The number of anilines is 1. The number of aromatic nitrogens is 1. The summed E-state index contributed by atoms with van der Waals surface area (Å²) in [7, 11) is -1.33. The van der Waals surface area contributed by atoms with E-state index in [1.165, 1.54) is 53.9 Å². The fourth-order valence-corrected chi connectivity index (χ4v) is 8.11. The molecule has 3 aromatic rings. The molecule has 1 aromatic heterocycles. The van der Waals surface area contributed by atoms with Crippen LogP contribution in [0.2, 0.25) is 0 Å². The van der Waals surface area contributed by atoms with Crippen molar-refractivity contribution in [2.24, 2.45) is 17.0 Å². The third-order valence-electron chi connectivity index (χ3n) is 9.57. The van der Waals surface area contributed by atoms with Crippen LogP contribution in [0.1, 0.15) is 62.8 Å². The summed E-state index contributed by atoms with van der Waals surface area (Å²) in [5.74, 6) is -0.605. The molecule has 0 aliphatic heterocycles. The van der Waals surface area contributed by atoms with Gasteiger partial charge in [0.1, 0.15) is 11.9 Å². The molecule has 0 radical (unpaired) electrons. The summed E-state index contributed by atoms with van der Waals surface area (Å²) in [6, 6.07) is 18.3. The van der Waals surface area contributed by atoms with Gasteiger partial charge in [0, 0.05) is 20.2 Å². The first-order valence-corrected chi connectivity index (χ1v) is 19.1. The van der Waals surface area contributed by atoms with E-state index in [4.69, 9.17) is 14.7 Å². The summed E-state index contributed by atoms with van der Waals surface area (Å²) in [6.07, 6.45) is 3.53. The molecule has 1 fully saturated rings. The third-order valence-corrected chi connectivity index (χ3v) is 11.4. The number of carbonyl (C=O) groups excluding carboxylic acids is 2. The fourth-order valence-electron chi connectivity index (χ4n) is 6.58. The zero-order valence-corrected chi connectivity index (χ0v) is 31.1. The van der Waals surface area contributed by atoms with E-state index in [1.54, 1.807) is 18.2 Å². The van der Waals surface area contributed by atoms with E-state index in [0.29, 0.717) is 17.7 Å². The van der Waals surface area contributed by atoms with Crippen molar-refractivity contribution in [1.29, 1.82) is 0 Å². The highest BCUT2D eigenvalue weighted by molar-refractivity contribution is 7.89. The molecule has 13 nitrogen and oxygen atoms in total. The van der Waals surface area contributed by atoms with Gasteiger partial charge in [0.25, 0.3) is 0 Å². The second-order valence-electron chi connectivity index (χ2n) is 13.2. The summed E-state index contributed by atoms with van der Waals surface area (Å²) in [5, 5.41) is 26.9. The second kappa shape index (κ2) is 19.5. The predicted molar refractivity (Wildman–Crippen MR) is 198 cm³/mol. The topological polar surface area (TPSA) is 171 Å². The number of hydrogen-bond donors (Lipinski definition) is 3. The normalized spacial score (nSPS) is 16.0. The Morgan fingerprint density at radius 2 is 1.73 bits per heavy atom. The molecule has 4 rings (SSSR count). The highest BCUT2D eigenvalue weighted by Crippen LogP contribution is 2.29. The van der Waals surface area contributed by atoms with E-state index < -0.39 is 40.2 Å². The number of nitrogens with zero attached hydrogens (tertiary/aromatic N) is 4. The van der Waals surface area contributed by atoms with Gasteiger partial charge in [0.05, 0.1) is 42.7 Å². The SMILES string of the molecule is CC[C@H](C)[C@@H](C(=O)N[C@@H](Cc1ccccc1)[C@H](O)CN(CC1CCCC1)S(=O)(=O)c1ccc(/C=N/O)cc1)N(C(=O)OC)c1cccc(COC)n1. The van der Waals surface area contributed by atoms with Crippen LogP contribution in [0.25, 0.3) is 0 Å². The molecule has 0 saturated heterocycles. The average molecular weight is 738 g/mol. The second-order valence-corrected chi connectivity index (χ2v) is 15.2. The Balaban J connectivity index is 1.70. The average Bonchev–Trinajstić information content (AvgIpc) is 3.67. The van der Waals surface area contributed by atoms with Crippen molar-refractivity contribution in [3.63, 3.8) is 0 Å². The van der Waals surface area contributed by atoms with Gasteiger partial charge >= 0.3 is 6.09 Å².